The van der Waals surface area contributed by atoms with Crippen molar-refractivity contribution < 1.29 is 4.79 Å². The van der Waals surface area contributed by atoms with Crippen LogP contribution in [0, 0.1) is 11.8 Å². The number of H-pyrrole nitrogens is 1. The van der Waals surface area contributed by atoms with Crippen molar-refractivity contribution in [2.24, 2.45) is 11.8 Å². The highest BCUT2D eigenvalue weighted by Gasteiger charge is 2.26. The van der Waals surface area contributed by atoms with E-state index in [1.807, 2.05) is 0 Å². The van der Waals surface area contributed by atoms with E-state index in [-0.39, 0.29) is 11.8 Å². The van der Waals surface area contributed by atoms with Gasteiger partial charge in [0.15, 0.2) is 0 Å². The summed E-state index contributed by atoms with van der Waals surface area (Å²) in [5.74, 6) is 1.50. The summed E-state index contributed by atoms with van der Waals surface area (Å²) < 4.78 is 0. The fourth-order valence-electron chi connectivity index (χ4n) is 2.61. The van der Waals surface area contributed by atoms with Gasteiger partial charge in [-0.3, -0.25) is 10.1 Å². The van der Waals surface area contributed by atoms with Crippen LogP contribution in [0.5, 0.6) is 0 Å². The average molecular weight is 236 g/mol. The molecule has 5 heteroatoms. The molecule has 1 aliphatic carbocycles. The number of nitrogens with one attached hydrogen (secondary N) is 2. The van der Waals surface area contributed by atoms with Gasteiger partial charge in [-0.05, 0) is 31.6 Å². The molecule has 0 aromatic carbocycles. The Kier molecular flexibility index (Phi) is 4.12. The quantitative estimate of drug-likeness (QED) is 0.843. The van der Waals surface area contributed by atoms with Crippen molar-refractivity contribution in [3.05, 3.63) is 6.33 Å². The van der Waals surface area contributed by atoms with Gasteiger partial charge >= 0.3 is 0 Å². The van der Waals surface area contributed by atoms with E-state index in [4.69, 9.17) is 0 Å². The first kappa shape index (κ1) is 12.1. The van der Waals surface area contributed by atoms with Crippen LogP contribution in [0.2, 0.25) is 0 Å². The second kappa shape index (κ2) is 5.80. The van der Waals surface area contributed by atoms with Gasteiger partial charge < -0.3 is 0 Å². The number of amides is 1. The minimum atomic E-state index is 0.0803. The van der Waals surface area contributed by atoms with Crippen LogP contribution in [-0.2, 0) is 4.79 Å². The van der Waals surface area contributed by atoms with Gasteiger partial charge in [-0.2, -0.15) is 10.1 Å². The van der Waals surface area contributed by atoms with Crippen molar-refractivity contribution in [3.8, 4) is 0 Å². The number of nitrogens with zero attached hydrogens (tertiary/aromatic N) is 2. The fraction of sp³-hybridized carbons (Fsp3) is 0.750. The molecule has 1 heterocycles. The number of anilines is 1. The Balaban J connectivity index is 1.78. The number of aromatic nitrogens is 3. The lowest BCUT2D eigenvalue weighted by Crippen LogP contribution is -2.27. The summed E-state index contributed by atoms with van der Waals surface area (Å²) in [6.07, 6.45) is 8.32. The van der Waals surface area contributed by atoms with E-state index in [0.29, 0.717) is 5.95 Å². The first-order valence-electron chi connectivity index (χ1n) is 6.45. The summed E-state index contributed by atoms with van der Waals surface area (Å²) in [5.41, 5.74) is 0. The highest BCUT2D eigenvalue weighted by Crippen LogP contribution is 2.31. The Morgan fingerprint density at radius 3 is 2.82 bits per heavy atom. The molecule has 94 valence electrons. The minimum Gasteiger partial charge on any atom is -0.295 e. The molecule has 0 bridgehead atoms. The molecular formula is C12H20N4O. The van der Waals surface area contributed by atoms with E-state index in [1.165, 1.54) is 32.0 Å². The highest BCUT2D eigenvalue weighted by atomic mass is 16.2. The van der Waals surface area contributed by atoms with Crippen LogP contribution in [0.4, 0.5) is 5.95 Å². The van der Waals surface area contributed by atoms with Crippen molar-refractivity contribution in [1.82, 2.24) is 15.2 Å². The summed E-state index contributed by atoms with van der Waals surface area (Å²) in [6.45, 7) is 2.22. The molecule has 0 atom stereocenters. The van der Waals surface area contributed by atoms with E-state index < -0.39 is 0 Å². The summed E-state index contributed by atoms with van der Waals surface area (Å²) in [7, 11) is 0. The molecular weight excluding hydrogens is 216 g/mol. The largest absolute Gasteiger partial charge is 0.295 e. The molecule has 5 nitrogen and oxygen atoms in total. The zero-order valence-corrected chi connectivity index (χ0v) is 10.3. The lowest BCUT2D eigenvalue weighted by Gasteiger charge is -2.27. The number of carbonyl (C=O) groups is 1. The lowest BCUT2D eigenvalue weighted by molar-refractivity contribution is -0.121. The van der Waals surface area contributed by atoms with Crippen molar-refractivity contribution in [2.45, 2.75) is 45.4 Å². The third-order valence-corrected chi connectivity index (χ3v) is 3.57. The summed E-state index contributed by atoms with van der Waals surface area (Å²) in [5, 5.41) is 9.12. The number of carbonyl (C=O) groups excluding carboxylic acids is 1. The lowest BCUT2D eigenvalue weighted by atomic mass is 9.80. The fourth-order valence-corrected chi connectivity index (χ4v) is 2.61. The summed E-state index contributed by atoms with van der Waals surface area (Å²) in [4.78, 5) is 15.8. The van der Waals surface area contributed by atoms with Gasteiger partial charge in [0.25, 0.3) is 0 Å². The van der Waals surface area contributed by atoms with E-state index in [2.05, 4.69) is 27.4 Å². The normalized spacial score (nSPS) is 24.5. The maximum atomic E-state index is 11.9. The summed E-state index contributed by atoms with van der Waals surface area (Å²) in [6, 6.07) is 0. The third kappa shape index (κ3) is 3.28. The molecule has 0 spiro atoms. The van der Waals surface area contributed by atoms with Crippen LogP contribution in [0.3, 0.4) is 0 Å². The van der Waals surface area contributed by atoms with Crippen molar-refractivity contribution in [2.75, 3.05) is 5.32 Å². The SMILES string of the molecule is CCCC1CCC(C(=O)Nc2ncn[nH]2)CC1. The zero-order valence-electron chi connectivity index (χ0n) is 10.3. The van der Waals surface area contributed by atoms with Gasteiger partial charge in [0.05, 0.1) is 0 Å². The van der Waals surface area contributed by atoms with Crippen LogP contribution in [0.25, 0.3) is 0 Å². The van der Waals surface area contributed by atoms with Crippen LogP contribution in [0.1, 0.15) is 45.4 Å². The molecule has 0 unspecified atom stereocenters. The van der Waals surface area contributed by atoms with E-state index in [1.54, 1.807) is 0 Å². The van der Waals surface area contributed by atoms with E-state index >= 15 is 0 Å². The van der Waals surface area contributed by atoms with Gasteiger partial charge in [0.1, 0.15) is 6.33 Å². The molecule has 1 amide bonds. The number of aromatic amines is 1. The zero-order chi connectivity index (χ0) is 12.1. The molecule has 0 aliphatic heterocycles. The first-order valence-corrected chi connectivity index (χ1v) is 6.45. The molecule has 1 aromatic heterocycles. The number of hydrogen-bond donors (Lipinski definition) is 2. The van der Waals surface area contributed by atoms with Gasteiger partial charge in [0, 0.05) is 5.92 Å². The molecule has 1 saturated carbocycles. The smallest absolute Gasteiger partial charge is 0.229 e. The third-order valence-electron chi connectivity index (χ3n) is 3.57. The Morgan fingerprint density at radius 1 is 1.47 bits per heavy atom. The molecule has 0 radical (unpaired) electrons. The van der Waals surface area contributed by atoms with Gasteiger partial charge in [0.2, 0.25) is 11.9 Å². The maximum absolute atomic E-state index is 11.9. The topological polar surface area (TPSA) is 70.7 Å². The van der Waals surface area contributed by atoms with Gasteiger partial charge in [-0.1, -0.05) is 19.8 Å². The predicted molar refractivity (Wildman–Crippen MR) is 65.4 cm³/mol. The molecule has 2 N–H and O–H groups in total. The molecule has 1 aromatic rings. The Hall–Kier alpha value is -1.39. The van der Waals surface area contributed by atoms with Crippen LogP contribution < -0.4 is 5.32 Å². The number of rotatable bonds is 4. The van der Waals surface area contributed by atoms with Crippen LogP contribution in [0.15, 0.2) is 6.33 Å². The molecule has 1 fully saturated rings. The van der Waals surface area contributed by atoms with Crippen LogP contribution in [-0.4, -0.2) is 21.1 Å². The first-order chi connectivity index (χ1) is 8.29. The van der Waals surface area contributed by atoms with E-state index in [0.717, 1.165) is 18.8 Å². The Morgan fingerprint density at radius 2 is 2.24 bits per heavy atom. The predicted octanol–water partition coefficient (Wildman–Crippen LogP) is 2.35. The highest BCUT2D eigenvalue weighted by molar-refractivity contribution is 5.90. The molecule has 0 saturated heterocycles. The Labute approximate surface area is 101 Å². The monoisotopic (exact) mass is 236 g/mol. The second-order valence-corrected chi connectivity index (χ2v) is 4.83. The van der Waals surface area contributed by atoms with Crippen molar-refractivity contribution >= 4 is 11.9 Å². The second-order valence-electron chi connectivity index (χ2n) is 4.83. The van der Waals surface area contributed by atoms with Crippen LogP contribution >= 0.6 is 0 Å². The van der Waals surface area contributed by atoms with Gasteiger partial charge in [-0.15, -0.1) is 0 Å². The standard InChI is InChI=1S/C12H20N4O/c1-2-3-9-4-6-10(7-5-9)11(17)15-12-13-8-14-16-12/h8-10H,2-7H2,1H3,(H2,13,14,15,16,17). The average Bonchev–Trinajstić information content (AvgIpc) is 2.83. The molecule has 1 aliphatic rings. The van der Waals surface area contributed by atoms with E-state index in [9.17, 15) is 4.79 Å². The molecule has 2 rings (SSSR count). The van der Waals surface area contributed by atoms with Gasteiger partial charge in [-0.25, -0.2) is 5.10 Å². The minimum absolute atomic E-state index is 0.0803. The number of hydrogen-bond acceptors (Lipinski definition) is 3. The van der Waals surface area contributed by atoms with Crippen molar-refractivity contribution in [1.29, 1.82) is 0 Å². The Bertz CT molecular complexity index is 341. The maximum Gasteiger partial charge on any atom is 0.229 e. The summed E-state index contributed by atoms with van der Waals surface area (Å²) >= 11 is 0. The molecule has 17 heavy (non-hydrogen) atoms. The van der Waals surface area contributed by atoms with Crippen molar-refractivity contribution in [3.63, 3.8) is 0 Å².